The first kappa shape index (κ1) is 16.4. The number of carbonyl (C=O) groups excluding carboxylic acids is 1. The van der Waals surface area contributed by atoms with Gasteiger partial charge in [-0.15, -0.1) is 0 Å². The van der Waals surface area contributed by atoms with Gasteiger partial charge in [-0.05, 0) is 19.1 Å². The highest BCUT2D eigenvalue weighted by molar-refractivity contribution is 7.92. The van der Waals surface area contributed by atoms with Crippen molar-refractivity contribution in [2.75, 3.05) is 19.8 Å². The van der Waals surface area contributed by atoms with E-state index in [4.69, 9.17) is 9.47 Å². The van der Waals surface area contributed by atoms with Crippen LogP contribution in [0.4, 0.5) is 0 Å². The lowest BCUT2D eigenvalue weighted by Gasteiger charge is -2.13. The van der Waals surface area contributed by atoms with Gasteiger partial charge in [-0.2, -0.15) is 0 Å². The highest BCUT2D eigenvalue weighted by atomic mass is 32.2. The minimum atomic E-state index is -3.40. The average molecular weight is 298 g/mol. The molecule has 0 aromatic heterocycles. The summed E-state index contributed by atoms with van der Waals surface area (Å²) in [5.74, 6) is -0.529. The molecule has 0 saturated heterocycles. The number of ether oxygens (including phenoxy) is 2. The Hall–Kier alpha value is -1.66. The van der Waals surface area contributed by atoms with E-state index in [0.29, 0.717) is 0 Å². The van der Waals surface area contributed by atoms with Gasteiger partial charge in [-0.25, -0.2) is 13.2 Å². The van der Waals surface area contributed by atoms with Crippen LogP contribution in [0.5, 0.6) is 0 Å². The number of sulfone groups is 1. The van der Waals surface area contributed by atoms with E-state index in [0.717, 1.165) is 6.08 Å². The van der Waals surface area contributed by atoms with Crippen molar-refractivity contribution in [3.63, 3.8) is 0 Å². The first-order valence-corrected chi connectivity index (χ1v) is 7.69. The molecule has 1 rings (SSSR count). The van der Waals surface area contributed by atoms with Crippen molar-refractivity contribution in [2.24, 2.45) is 0 Å². The molecule has 20 heavy (non-hydrogen) atoms. The third-order valence-electron chi connectivity index (χ3n) is 2.59. The van der Waals surface area contributed by atoms with Gasteiger partial charge in [0, 0.05) is 6.08 Å². The number of benzene rings is 1. The van der Waals surface area contributed by atoms with Gasteiger partial charge in [-0.3, -0.25) is 0 Å². The van der Waals surface area contributed by atoms with Crippen LogP contribution in [-0.2, 0) is 24.1 Å². The molecule has 1 atom stereocenters. The molecule has 0 aliphatic rings. The maximum absolute atomic E-state index is 12.2. The minimum absolute atomic E-state index is 0.0445. The third-order valence-corrected chi connectivity index (χ3v) is 4.72. The summed E-state index contributed by atoms with van der Waals surface area (Å²) in [5, 5.41) is -0.667. The Labute approximate surface area is 119 Å². The lowest BCUT2D eigenvalue weighted by Crippen LogP contribution is -2.24. The highest BCUT2D eigenvalue weighted by Crippen LogP contribution is 2.15. The zero-order valence-electron chi connectivity index (χ0n) is 11.3. The second-order valence-electron chi connectivity index (χ2n) is 4.12. The molecule has 0 N–H and O–H groups in total. The molecule has 0 saturated carbocycles. The van der Waals surface area contributed by atoms with Gasteiger partial charge in [0.2, 0.25) is 0 Å². The number of hydrogen-bond acceptors (Lipinski definition) is 5. The molecule has 0 aliphatic heterocycles. The van der Waals surface area contributed by atoms with Crippen molar-refractivity contribution in [1.29, 1.82) is 0 Å². The minimum Gasteiger partial charge on any atom is -0.460 e. The Balaban J connectivity index is 2.41. The lowest BCUT2D eigenvalue weighted by molar-refractivity contribution is -0.139. The largest absolute Gasteiger partial charge is 0.460 e. The van der Waals surface area contributed by atoms with Crippen LogP contribution < -0.4 is 0 Å². The molecule has 1 aromatic rings. The molecule has 0 bridgehead atoms. The number of rotatable bonds is 8. The molecular formula is C14H18O5S. The van der Waals surface area contributed by atoms with E-state index in [1.807, 2.05) is 0 Å². The zero-order valence-corrected chi connectivity index (χ0v) is 12.1. The van der Waals surface area contributed by atoms with Gasteiger partial charge in [0.15, 0.2) is 9.84 Å². The normalized spacial score (nSPS) is 12.7. The van der Waals surface area contributed by atoms with Gasteiger partial charge in [0.1, 0.15) is 6.61 Å². The SMILES string of the molecule is C=CC(=O)OCCOCC(C)S(=O)(=O)c1ccccc1. The number of esters is 1. The predicted molar refractivity (Wildman–Crippen MR) is 75.1 cm³/mol. The second-order valence-corrected chi connectivity index (χ2v) is 6.48. The molecule has 0 amide bonds. The van der Waals surface area contributed by atoms with Crippen LogP contribution in [0.1, 0.15) is 6.92 Å². The van der Waals surface area contributed by atoms with E-state index >= 15 is 0 Å². The van der Waals surface area contributed by atoms with E-state index in [2.05, 4.69) is 6.58 Å². The first-order chi connectivity index (χ1) is 9.48. The van der Waals surface area contributed by atoms with Gasteiger partial charge < -0.3 is 9.47 Å². The van der Waals surface area contributed by atoms with Crippen LogP contribution in [0.2, 0.25) is 0 Å². The summed E-state index contributed by atoms with van der Waals surface area (Å²) in [6.45, 7) is 5.10. The molecule has 1 unspecified atom stereocenters. The van der Waals surface area contributed by atoms with Crippen molar-refractivity contribution < 1.29 is 22.7 Å². The van der Waals surface area contributed by atoms with Crippen molar-refractivity contribution in [3.05, 3.63) is 43.0 Å². The van der Waals surface area contributed by atoms with E-state index < -0.39 is 21.1 Å². The van der Waals surface area contributed by atoms with Crippen LogP contribution >= 0.6 is 0 Å². The fraction of sp³-hybridized carbons (Fsp3) is 0.357. The van der Waals surface area contributed by atoms with Crippen molar-refractivity contribution in [2.45, 2.75) is 17.1 Å². The Morgan fingerprint density at radius 1 is 1.30 bits per heavy atom. The molecular weight excluding hydrogens is 280 g/mol. The maximum Gasteiger partial charge on any atom is 0.330 e. The summed E-state index contributed by atoms with van der Waals surface area (Å²) >= 11 is 0. The first-order valence-electron chi connectivity index (χ1n) is 6.14. The fourth-order valence-corrected chi connectivity index (χ4v) is 2.72. The summed E-state index contributed by atoms with van der Waals surface area (Å²) in [4.78, 5) is 11.0. The Morgan fingerprint density at radius 2 is 1.95 bits per heavy atom. The van der Waals surface area contributed by atoms with Gasteiger partial charge in [0.25, 0.3) is 0 Å². The standard InChI is InChI=1S/C14H18O5S/c1-3-14(15)19-10-9-18-11-12(2)20(16,17)13-7-5-4-6-8-13/h3-8,12H,1,9-11H2,2H3. The van der Waals surface area contributed by atoms with Crippen LogP contribution in [0.25, 0.3) is 0 Å². The quantitative estimate of drug-likeness (QED) is 0.414. The third kappa shape index (κ3) is 4.79. The van der Waals surface area contributed by atoms with E-state index in [9.17, 15) is 13.2 Å². The van der Waals surface area contributed by atoms with Gasteiger partial charge >= 0.3 is 5.97 Å². The molecule has 0 radical (unpaired) electrons. The molecule has 5 nitrogen and oxygen atoms in total. The molecule has 6 heteroatoms. The molecule has 0 heterocycles. The molecule has 1 aromatic carbocycles. The van der Waals surface area contributed by atoms with Crippen LogP contribution in [0.3, 0.4) is 0 Å². The predicted octanol–water partition coefficient (Wildman–Crippen LogP) is 1.59. The van der Waals surface area contributed by atoms with Crippen LogP contribution in [0, 0.1) is 0 Å². The molecule has 0 fully saturated rings. The van der Waals surface area contributed by atoms with Crippen molar-refractivity contribution >= 4 is 15.8 Å². The van der Waals surface area contributed by atoms with Crippen molar-refractivity contribution in [3.8, 4) is 0 Å². The van der Waals surface area contributed by atoms with Crippen LogP contribution in [0.15, 0.2) is 47.9 Å². The van der Waals surface area contributed by atoms with Gasteiger partial charge in [0.05, 0.1) is 23.4 Å². The number of carbonyl (C=O) groups is 1. The fourth-order valence-electron chi connectivity index (χ4n) is 1.44. The Bertz CT molecular complexity index is 536. The van der Waals surface area contributed by atoms with E-state index in [1.54, 1.807) is 37.3 Å². The summed E-state index contributed by atoms with van der Waals surface area (Å²) in [6.07, 6.45) is 1.06. The molecule has 0 spiro atoms. The summed E-state index contributed by atoms with van der Waals surface area (Å²) in [6, 6.07) is 8.22. The highest BCUT2D eigenvalue weighted by Gasteiger charge is 2.22. The summed E-state index contributed by atoms with van der Waals surface area (Å²) < 4.78 is 34.3. The topological polar surface area (TPSA) is 69.7 Å². The lowest BCUT2D eigenvalue weighted by atomic mass is 10.4. The smallest absolute Gasteiger partial charge is 0.330 e. The van der Waals surface area contributed by atoms with E-state index in [-0.39, 0.29) is 24.7 Å². The average Bonchev–Trinajstić information content (AvgIpc) is 2.47. The monoisotopic (exact) mass is 298 g/mol. The zero-order chi connectivity index (χ0) is 15.0. The van der Waals surface area contributed by atoms with Crippen LogP contribution in [-0.4, -0.2) is 39.5 Å². The Morgan fingerprint density at radius 3 is 2.55 bits per heavy atom. The summed E-state index contributed by atoms with van der Waals surface area (Å²) in [7, 11) is -3.40. The Kier molecular flexibility index (Phi) is 6.41. The maximum atomic E-state index is 12.2. The summed E-state index contributed by atoms with van der Waals surface area (Å²) in [5.41, 5.74) is 0. The molecule has 110 valence electrons. The number of hydrogen-bond donors (Lipinski definition) is 0. The second kappa shape index (κ2) is 7.81. The van der Waals surface area contributed by atoms with E-state index in [1.165, 1.54) is 0 Å². The van der Waals surface area contributed by atoms with Gasteiger partial charge in [-0.1, -0.05) is 24.8 Å². The van der Waals surface area contributed by atoms with Crippen molar-refractivity contribution in [1.82, 2.24) is 0 Å². The molecule has 0 aliphatic carbocycles.